The van der Waals surface area contributed by atoms with E-state index in [1.807, 2.05) is 0 Å². The van der Waals surface area contributed by atoms with Crippen molar-refractivity contribution in [2.24, 2.45) is 0 Å². The molecule has 2 aliphatic carbocycles. The third-order valence-electron chi connectivity index (χ3n) is 14.2. The van der Waals surface area contributed by atoms with Crippen LogP contribution in [0.15, 0.2) is 249 Å². The van der Waals surface area contributed by atoms with E-state index in [1.54, 1.807) is 0 Å². The number of benzene rings is 10. The van der Waals surface area contributed by atoms with Crippen LogP contribution in [0.3, 0.4) is 0 Å². The molecule has 12 rings (SSSR count). The first-order chi connectivity index (χ1) is 32.0. The van der Waals surface area contributed by atoms with Crippen molar-refractivity contribution in [2.75, 3.05) is 4.90 Å². The lowest BCUT2D eigenvalue weighted by Gasteiger charge is -2.35. The van der Waals surface area contributed by atoms with E-state index in [0.29, 0.717) is 0 Å². The minimum Gasteiger partial charge on any atom is -0.310 e. The van der Waals surface area contributed by atoms with Crippen molar-refractivity contribution in [3.63, 3.8) is 0 Å². The van der Waals surface area contributed by atoms with Gasteiger partial charge in [0.15, 0.2) is 0 Å². The number of hydrogen-bond donors (Lipinski definition) is 0. The predicted molar refractivity (Wildman–Crippen MR) is 272 cm³/mol. The largest absolute Gasteiger partial charge is 0.310 e. The third kappa shape index (κ3) is 6.00. The van der Waals surface area contributed by atoms with Crippen LogP contribution in [0.4, 0.5) is 17.1 Å². The smallest absolute Gasteiger partial charge is 0.0714 e. The monoisotopic (exact) mass is 829 g/mol. The van der Waals surface area contributed by atoms with E-state index in [9.17, 15) is 0 Å². The summed E-state index contributed by atoms with van der Waals surface area (Å²) in [5.41, 5.74) is 22.8. The van der Waals surface area contributed by atoms with Gasteiger partial charge in [0.25, 0.3) is 0 Å². The highest BCUT2D eigenvalue weighted by Gasteiger charge is 2.46. The maximum absolute atomic E-state index is 2.52. The standard InChI is InChI=1S/C64H47N/c1-63(2)57-34-18-16-32-55(57)62-54(33-21-36-59(62)63)53-31-17-20-37-61(53)65(48-38-40-50(44-22-7-3-8-23-44)56(42-48)45-24-9-4-10-25-45)49-39-41-52-51-30-15-19-35-58(51)64(60(52)43-49,46-26-11-5-12-27-46)47-28-13-6-14-29-47/h3-43H,1-2H3. The van der Waals surface area contributed by atoms with Crippen LogP contribution >= 0.6 is 0 Å². The van der Waals surface area contributed by atoms with Gasteiger partial charge in [0, 0.05) is 22.4 Å². The average Bonchev–Trinajstić information content (AvgIpc) is 3.80. The van der Waals surface area contributed by atoms with Crippen LogP contribution in [0.5, 0.6) is 0 Å². The van der Waals surface area contributed by atoms with Crippen LogP contribution < -0.4 is 4.90 Å². The molecule has 10 aromatic rings. The van der Waals surface area contributed by atoms with Gasteiger partial charge in [-0.1, -0.05) is 232 Å². The van der Waals surface area contributed by atoms with Gasteiger partial charge in [-0.3, -0.25) is 0 Å². The van der Waals surface area contributed by atoms with Gasteiger partial charge in [0.1, 0.15) is 0 Å². The van der Waals surface area contributed by atoms with Gasteiger partial charge in [-0.25, -0.2) is 0 Å². The first-order valence-electron chi connectivity index (χ1n) is 22.8. The summed E-state index contributed by atoms with van der Waals surface area (Å²) >= 11 is 0. The van der Waals surface area contributed by atoms with Crippen molar-refractivity contribution in [2.45, 2.75) is 24.7 Å². The summed E-state index contributed by atoms with van der Waals surface area (Å²) in [5.74, 6) is 0. The van der Waals surface area contributed by atoms with Gasteiger partial charge in [-0.2, -0.15) is 0 Å². The number of hydrogen-bond acceptors (Lipinski definition) is 1. The molecule has 0 aromatic heterocycles. The Morgan fingerprint density at radius 3 is 1.42 bits per heavy atom. The number of nitrogens with zero attached hydrogens (tertiary/aromatic N) is 1. The molecule has 0 aliphatic heterocycles. The van der Waals surface area contributed by atoms with Crippen LogP contribution in [0.2, 0.25) is 0 Å². The molecule has 1 heteroatoms. The lowest BCUT2D eigenvalue weighted by molar-refractivity contribution is 0.660. The Bertz CT molecular complexity index is 3350. The second kappa shape index (κ2) is 15.4. The number of para-hydroxylation sites is 1. The zero-order chi connectivity index (χ0) is 43.5. The predicted octanol–water partition coefficient (Wildman–Crippen LogP) is 16.8. The molecule has 0 saturated heterocycles. The zero-order valence-electron chi connectivity index (χ0n) is 36.6. The first-order valence-corrected chi connectivity index (χ1v) is 22.8. The van der Waals surface area contributed by atoms with Crippen molar-refractivity contribution >= 4 is 17.1 Å². The average molecular weight is 830 g/mol. The second-order valence-electron chi connectivity index (χ2n) is 18.0. The maximum Gasteiger partial charge on any atom is 0.0714 e. The maximum atomic E-state index is 2.52. The molecule has 0 radical (unpaired) electrons. The molecule has 0 unspecified atom stereocenters. The van der Waals surface area contributed by atoms with Gasteiger partial charge < -0.3 is 4.90 Å². The van der Waals surface area contributed by atoms with Crippen LogP contribution in [-0.2, 0) is 10.8 Å². The van der Waals surface area contributed by atoms with Crippen molar-refractivity contribution in [3.05, 3.63) is 282 Å². The molecule has 0 amide bonds. The molecule has 0 bridgehead atoms. The van der Waals surface area contributed by atoms with E-state index < -0.39 is 5.41 Å². The van der Waals surface area contributed by atoms with Gasteiger partial charge in [0.05, 0.1) is 11.1 Å². The molecule has 0 spiro atoms. The second-order valence-corrected chi connectivity index (χ2v) is 18.0. The van der Waals surface area contributed by atoms with E-state index >= 15 is 0 Å². The molecule has 1 nitrogen and oxygen atoms in total. The summed E-state index contributed by atoms with van der Waals surface area (Å²) in [6.45, 7) is 4.74. The molecule has 65 heavy (non-hydrogen) atoms. The Morgan fingerprint density at radius 1 is 0.292 bits per heavy atom. The molecule has 2 aliphatic rings. The fourth-order valence-corrected chi connectivity index (χ4v) is 11.3. The molecular formula is C64H47N. The van der Waals surface area contributed by atoms with E-state index in [1.165, 1.54) is 89.0 Å². The fourth-order valence-electron chi connectivity index (χ4n) is 11.3. The SMILES string of the molecule is CC1(C)c2ccccc2-c2c(-c3ccccc3N(c3ccc(-c4ccccc4)c(-c4ccccc4)c3)c3ccc4c(c3)C(c3ccccc3)(c3ccccc3)c3ccccc3-4)cccc21. The first kappa shape index (κ1) is 38.7. The normalized spacial score (nSPS) is 13.6. The Hall–Kier alpha value is -8.00. The lowest BCUT2D eigenvalue weighted by Crippen LogP contribution is -2.28. The van der Waals surface area contributed by atoms with Gasteiger partial charge >= 0.3 is 0 Å². The van der Waals surface area contributed by atoms with E-state index in [0.717, 1.165) is 17.1 Å². The molecule has 0 N–H and O–H groups in total. The zero-order valence-corrected chi connectivity index (χ0v) is 36.6. The van der Waals surface area contributed by atoms with E-state index in [2.05, 4.69) is 267 Å². The van der Waals surface area contributed by atoms with E-state index in [4.69, 9.17) is 0 Å². The van der Waals surface area contributed by atoms with Gasteiger partial charge in [-0.05, 0) is 114 Å². The number of rotatable bonds is 8. The number of fused-ring (bicyclic) bond motifs is 6. The highest BCUT2D eigenvalue weighted by Crippen LogP contribution is 2.58. The molecule has 0 atom stereocenters. The highest BCUT2D eigenvalue weighted by molar-refractivity contribution is 6.00. The summed E-state index contributed by atoms with van der Waals surface area (Å²) in [5, 5.41) is 0. The topological polar surface area (TPSA) is 3.24 Å². The van der Waals surface area contributed by atoms with Crippen LogP contribution in [0, 0.1) is 0 Å². The van der Waals surface area contributed by atoms with Crippen LogP contribution in [0.1, 0.15) is 47.2 Å². The molecule has 0 fully saturated rings. The molecule has 10 aromatic carbocycles. The minimum atomic E-state index is -0.544. The Kier molecular flexibility index (Phi) is 9.14. The highest BCUT2D eigenvalue weighted by atomic mass is 15.1. The molecule has 308 valence electrons. The van der Waals surface area contributed by atoms with Gasteiger partial charge in [0.2, 0.25) is 0 Å². The quantitative estimate of drug-likeness (QED) is 0.147. The van der Waals surface area contributed by atoms with Crippen molar-refractivity contribution in [1.29, 1.82) is 0 Å². The van der Waals surface area contributed by atoms with Crippen molar-refractivity contribution < 1.29 is 0 Å². The summed E-state index contributed by atoms with van der Waals surface area (Å²) in [4.78, 5) is 2.52. The van der Waals surface area contributed by atoms with E-state index in [-0.39, 0.29) is 5.41 Å². The van der Waals surface area contributed by atoms with Crippen molar-refractivity contribution in [1.82, 2.24) is 0 Å². The molecular weight excluding hydrogens is 783 g/mol. The lowest BCUT2D eigenvalue weighted by atomic mass is 9.67. The molecule has 0 heterocycles. The Balaban J connectivity index is 1.16. The fraction of sp³-hybridized carbons (Fsp3) is 0.0625. The Labute approximate surface area is 382 Å². The summed E-state index contributed by atoms with van der Waals surface area (Å²) in [6, 6.07) is 92.1. The molecule has 0 saturated carbocycles. The Morgan fingerprint density at radius 2 is 0.754 bits per heavy atom. The summed E-state index contributed by atoms with van der Waals surface area (Å²) < 4.78 is 0. The number of anilines is 3. The van der Waals surface area contributed by atoms with Crippen LogP contribution in [-0.4, -0.2) is 0 Å². The summed E-state index contributed by atoms with van der Waals surface area (Å²) in [7, 11) is 0. The minimum absolute atomic E-state index is 0.123. The third-order valence-corrected chi connectivity index (χ3v) is 14.2. The summed E-state index contributed by atoms with van der Waals surface area (Å²) in [6.07, 6.45) is 0. The van der Waals surface area contributed by atoms with Gasteiger partial charge in [-0.15, -0.1) is 0 Å². The van der Waals surface area contributed by atoms with Crippen molar-refractivity contribution in [3.8, 4) is 55.6 Å². The van der Waals surface area contributed by atoms with Crippen LogP contribution in [0.25, 0.3) is 55.6 Å².